The fraction of sp³-hybridized carbons (Fsp3) is 0.250. The lowest BCUT2D eigenvalue weighted by Crippen LogP contribution is -2.48. The Morgan fingerprint density at radius 1 is 0.939 bits per heavy atom. The van der Waals surface area contributed by atoms with E-state index in [-0.39, 0.29) is 11.6 Å². The lowest BCUT2D eigenvalue weighted by Gasteiger charge is -2.35. The van der Waals surface area contributed by atoms with Crippen molar-refractivity contribution in [2.75, 3.05) is 36.4 Å². The predicted molar refractivity (Wildman–Crippen MR) is 130 cm³/mol. The molecule has 1 aliphatic heterocycles. The number of anilines is 2. The van der Waals surface area contributed by atoms with Crippen LogP contribution in [0.15, 0.2) is 77.9 Å². The molecule has 0 unspecified atom stereocenters. The topological polar surface area (TPSA) is 143 Å². The molecule has 0 saturated carbocycles. The highest BCUT2D eigenvalue weighted by atomic mass is 16.2. The average Bonchev–Trinajstić information content (AvgIpc) is 2.82. The van der Waals surface area contributed by atoms with E-state index < -0.39 is 5.91 Å². The van der Waals surface area contributed by atoms with Gasteiger partial charge in [0.25, 0.3) is 5.91 Å². The fourth-order valence-electron chi connectivity index (χ4n) is 3.54. The highest BCUT2D eigenvalue weighted by Crippen LogP contribution is 2.20. The molecular formula is C24H31N7O2. The van der Waals surface area contributed by atoms with Crippen molar-refractivity contribution in [3.63, 3.8) is 0 Å². The van der Waals surface area contributed by atoms with Crippen LogP contribution in [0.4, 0.5) is 11.4 Å². The molecule has 2 amide bonds. The van der Waals surface area contributed by atoms with Crippen LogP contribution in [0.1, 0.15) is 12.5 Å². The first kappa shape index (κ1) is 23.5. The number of carbonyl (C=O) groups is 2. The summed E-state index contributed by atoms with van der Waals surface area (Å²) in [5.41, 5.74) is 20.5. The lowest BCUT2D eigenvalue weighted by molar-refractivity contribution is -0.129. The zero-order chi connectivity index (χ0) is 23.8. The monoisotopic (exact) mass is 449 g/mol. The van der Waals surface area contributed by atoms with Crippen LogP contribution in [0.25, 0.3) is 0 Å². The van der Waals surface area contributed by atoms with Crippen LogP contribution in [0.3, 0.4) is 0 Å². The molecule has 174 valence electrons. The van der Waals surface area contributed by atoms with E-state index in [1.54, 1.807) is 13.0 Å². The molecule has 1 saturated heterocycles. The zero-order valence-corrected chi connectivity index (χ0v) is 18.8. The molecule has 8 N–H and O–H groups in total. The van der Waals surface area contributed by atoms with Crippen molar-refractivity contribution < 1.29 is 9.59 Å². The molecule has 9 heteroatoms. The molecule has 0 aromatic heterocycles. The minimum Gasteiger partial charge on any atom is -0.393 e. The number of nitrogens with zero attached hydrogens (tertiary/aromatic N) is 2. The summed E-state index contributed by atoms with van der Waals surface area (Å²) in [7, 11) is 0. The minimum atomic E-state index is -0.733. The van der Waals surface area contributed by atoms with Crippen molar-refractivity contribution in [2.45, 2.75) is 13.5 Å². The van der Waals surface area contributed by atoms with Crippen molar-refractivity contribution in [3.8, 4) is 0 Å². The van der Waals surface area contributed by atoms with Gasteiger partial charge in [0, 0.05) is 57.1 Å². The highest BCUT2D eigenvalue weighted by molar-refractivity contribution is 5.92. The molecule has 2 aromatic rings. The summed E-state index contributed by atoms with van der Waals surface area (Å²) in [4.78, 5) is 27.2. The molecule has 1 aliphatic rings. The second-order valence-corrected chi connectivity index (χ2v) is 7.80. The van der Waals surface area contributed by atoms with E-state index in [4.69, 9.17) is 17.2 Å². The maximum atomic E-state index is 11.6. The van der Waals surface area contributed by atoms with E-state index in [0.29, 0.717) is 18.1 Å². The number of piperazine rings is 1. The second kappa shape index (κ2) is 10.9. The number of hydrogen-bond acceptors (Lipinski definition) is 7. The number of amides is 2. The van der Waals surface area contributed by atoms with Gasteiger partial charge in [-0.1, -0.05) is 30.3 Å². The van der Waals surface area contributed by atoms with Gasteiger partial charge in [-0.15, -0.1) is 0 Å². The number of benzene rings is 2. The molecule has 0 aliphatic carbocycles. The predicted octanol–water partition coefficient (Wildman–Crippen LogP) is 1.01. The molecular weight excluding hydrogens is 418 g/mol. The van der Waals surface area contributed by atoms with Crippen molar-refractivity contribution in [1.29, 1.82) is 0 Å². The molecule has 0 bridgehead atoms. The standard InChI is InChI=1S/C24H31N7O2/c1-17(32)30-11-13-31(14-12-30)20-9-7-19(8-10-20)29-22(25)15-21(23(26)24(27)33)28-16-18-5-3-2-4-6-18/h2-10,15,28-29H,11-14,16,25-26H2,1H3,(H2,27,33)/b22-15+,23-21+. The minimum absolute atomic E-state index is 0.101. The number of primary amides is 1. The number of nitrogens with one attached hydrogen (secondary N) is 2. The maximum absolute atomic E-state index is 11.6. The summed E-state index contributed by atoms with van der Waals surface area (Å²) >= 11 is 0. The Hall–Kier alpha value is -4.14. The van der Waals surface area contributed by atoms with Crippen LogP contribution in [0, 0.1) is 0 Å². The fourth-order valence-corrected chi connectivity index (χ4v) is 3.54. The number of carbonyl (C=O) groups excluding carboxylic acids is 2. The largest absolute Gasteiger partial charge is 0.393 e. The van der Waals surface area contributed by atoms with Gasteiger partial charge in [-0.05, 0) is 29.8 Å². The molecule has 9 nitrogen and oxygen atoms in total. The molecule has 3 rings (SSSR count). The normalized spacial score (nSPS) is 15.0. The van der Waals surface area contributed by atoms with Crippen LogP contribution in [0.2, 0.25) is 0 Å². The Bertz CT molecular complexity index is 1020. The zero-order valence-electron chi connectivity index (χ0n) is 18.8. The quantitative estimate of drug-likeness (QED) is 0.299. The molecule has 33 heavy (non-hydrogen) atoms. The van der Waals surface area contributed by atoms with Gasteiger partial charge in [0.15, 0.2) is 0 Å². The van der Waals surface area contributed by atoms with Gasteiger partial charge in [0.05, 0.1) is 5.70 Å². The van der Waals surface area contributed by atoms with Gasteiger partial charge >= 0.3 is 0 Å². The highest BCUT2D eigenvalue weighted by Gasteiger charge is 2.18. The Balaban J connectivity index is 1.64. The summed E-state index contributed by atoms with van der Waals surface area (Å²) in [5.74, 6) is -0.318. The Morgan fingerprint density at radius 2 is 1.58 bits per heavy atom. The van der Waals surface area contributed by atoms with Gasteiger partial charge in [-0.2, -0.15) is 0 Å². The molecule has 0 spiro atoms. The summed E-state index contributed by atoms with van der Waals surface area (Å²) in [6.07, 6.45) is 1.55. The van der Waals surface area contributed by atoms with Gasteiger partial charge in [0.1, 0.15) is 11.5 Å². The van der Waals surface area contributed by atoms with Crippen LogP contribution in [-0.2, 0) is 16.1 Å². The van der Waals surface area contributed by atoms with E-state index in [0.717, 1.165) is 43.1 Å². The number of hydrogen-bond donors (Lipinski definition) is 5. The third kappa shape index (κ3) is 6.67. The number of rotatable bonds is 8. The lowest BCUT2D eigenvalue weighted by atomic mass is 10.2. The summed E-state index contributed by atoms with van der Waals surface area (Å²) < 4.78 is 0. The van der Waals surface area contributed by atoms with Crippen molar-refractivity contribution in [1.82, 2.24) is 10.2 Å². The smallest absolute Gasteiger partial charge is 0.266 e. The van der Waals surface area contributed by atoms with Crippen molar-refractivity contribution >= 4 is 23.2 Å². The summed E-state index contributed by atoms with van der Waals surface area (Å²) in [6.45, 7) is 5.08. The van der Waals surface area contributed by atoms with E-state index in [9.17, 15) is 9.59 Å². The molecule has 0 atom stereocenters. The van der Waals surface area contributed by atoms with E-state index in [1.807, 2.05) is 59.5 Å². The Kier molecular flexibility index (Phi) is 7.80. The first-order valence-electron chi connectivity index (χ1n) is 10.8. The molecule has 1 fully saturated rings. The average molecular weight is 450 g/mol. The SMILES string of the molecule is CC(=O)N1CCN(c2ccc(N/C(N)=C/C(NCc3ccccc3)=C(\N)C(N)=O)cc2)CC1. The van der Waals surface area contributed by atoms with Crippen molar-refractivity contribution in [3.05, 3.63) is 83.5 Å². The first-order chi connectivity index (χ1) is 15.8. The Labute approximate surface area is 193 Å². The van der Waals surface area contributed by atoms with Crippen LogP contribution >= 0.6 is 0 Å². The number of nitrogens with two attached hydrogens (primary N) is 3. The van der Waals surface area contributed by atoms with E-state index in [1.165, 1.54) is 0 Å². The van der Waals surface area contributed by atoms with Crippen molar-refractivity contribution in [2.24, 2.45) is 17.2 Å². The third-order valence-electron chi connectivity index (χ3n) is 5.43. The molecule has 1 heterocycles. The summed E-state index contributed by atoms with van der Waals surface area (Å²) in [6, 6.07) is 17.5. The number of allylic oxidation sites excluding steroid dienone is 1. The maximum Gasteiger partial charge on any atom is 0.266 e. The molecule has 2 aromatic carbocycles. The first-order valence-corrected chi connectivity index (χ1v) is 10.8. The van der Waals surface area contributed by atoms with E-state index in [2.05, 4.69) is 15.5 Å². The van der Waals surface area contributed by atoms with Gasteiger partial charge in [0.2, 0.25) is 5.91 Å². The second-order valence-electron chi connectivity index (χ2n) is 7.80. The molecule has 0 radical (unpaired) electrons. The van der Waals surface area contributed by atoms with Crippen LogP contribution in [-0.4, -0.2) is 42.9 Å². The third-order valence-corrected chi connectivity index (χ3v) is 5.43. The van der Waals surface area contributed by atoms with Crippen LogP contribution in [0.5, 0.6) is 0 Å². The van der Waals surface area contributed by atoms with Gasteiger partial charge in [-0.3, -0.25) is 9.59 Å². The van der Waals surface area contributed by atoms with Gasteiger partial charge in [-0.25, -0.2) is 0 Å². The van der Waals surface area contributed by atoms with Crippen LogP contribution < -0.4 is 32.7 Å². The summed E-state index contributed by atoms with van der Waals surface area (Å²) in [5, 5.41) is 6.22. The Morgan fingerprint density at radius 3 is 2.15 bits per heavy atom. The van der Waals surface area contributed by atoms with Gasteiger partial charge < -0.3 is 37.6 Å². The van der Waals surface area contributed by atoms with E-state index >= 15 is 0 Å².